The van der Waals surface area contributed by atoms with Crippen molar-refractivity contribution >= 4 is 44.1 Å². The Hall–Kier alpha value is -1.77. The quantitative estimate of drug-likeness (QED) is 0.547. The molecule has 0 amide bonds. The first kappa shape index (κ1) is 17.3. The van der Waals surface area contributed by atoms with Gasteiger partial charge in [-0.2, -0.15) is 0 Å². The first-order chi connectivity index (χ1) is 9.65. The lowest BCUT2D eigenvalue weighted by Gasteiger charge is -2.18. The zero-order chi connectivity index (χ0) is 16.3. The summed E-state index contributed by atoms with van der Waals surface area (Å²) < 4.78 is -0.419. The summed E-state index contributed by atoms with van der Waals surface area (Å²) in [5.41, 5.74) is -0.383. The molecule has 1 rings (SSSR count). The molecule has 7 heteroatoms. The van der Waals surface area contributed by atoms with Gasteiger partial charge in [0.2, 0.25) is 3.79 Å². The summed E-state index contributed by atoms with van der Waals surface area (Å²) in [7, 11) is 0. The van der Waals surface area contributed by atoms with Gasteiger partial charge in [0.1, 0.15) is 5.78 Å². The molecular formula is C14H13IO6. The van der Waals surface area contributed by atoms with Crippen molar-refractivity contribution in [3.8, 4) is 0 Å². The molecule has 0 saturated heterocycles. The van der Waals surface area contributed by atoms with Crippen molar-refractivity contribution in [2.24, 2.45) is 5.92 Å². The highest BCUT2D eigenvalue weighted by molar-refractivity contribution is 14.1. The lowest BCUT2D eigenvalue weighted by atomic mass is 9.85. The minimum absolute atomic E-state index is 0.0586. The highest BCUT2D eigenvalue weighted by Crippen LogP contribution is 2.29. The number of allylic oxidation sites excluding steroid dienone is 2. The number of hydrogen-bond acceptors (Lipinski definition) is 4. The van der Waals surface area contributed by atoms with Gasteiger partial charge in [0, 0.05) is 34.1 Å². The molecule has 2 N–H and O–H groups in total. The maximum absolute atomic E-state index is 11.7. The van der Waals surface area contributed by atoms with E-state index in [1.54, 1.807) is 6.92 Å². The molecule has 1 aliphatic rings. The van der Waals surface area contributed by atoms with E-state index >= 15 is 0 Å². The third-order valence-electron chi connectivity index (χ3n) is 3.16. The van der Waals surface area contributed by atoms with Gasteiger partial charge in [-0.3, -0.25) is 9.59 Å². The molecule has 1 unspecified atom stereocenters. The Kier molecular flexibility index (Phi) is 5.59. The lowest BCUT2D eigenvalue weighted by Crippen LogP contribution is -2.19. The number of carboxylic acid groups (broad SMARTS) is 2. The van der Waals surface area contributed by atoms with E-state index in [0.29, 0.717) is 5.57 Å². The van der Waals surface area contributed by atoms with Crippen LogP contribution in [0.3, 0.4) is 0 Å². The monoisotopic (exact) mass is 404 g/mol. The number of ketones is 1. The van der Waals surface area contributed by atoms with Gasteiger partial charge < -0.3 is 10.2 Å². The Morgan fingerprint density at radius 1 is 1.10 bits per heavy atom. The second-order valence-electron chi connectivity index (χ2n) is 4.64. The fraction of sp³-hybridized carbons (Fsp3) is 0.286. The molecule has 0 aromatic rings. The van der Waals surface area contributed by atoms with Crippen LogP contribution < -0.4 is 0 Å². The minimum atomic E-state index is -1.44. The van der Waals surface area contributed by atoms with Crippen LogP contribution in [0.1, 0.15) is 20.3 Å². The molecule has 1 aliphatic carbocycles. The predicted molar refractivity (Wildman–Crippen MR) is 82.0 cm³/mol. The average Bonchev–Trinajstić information content (AvgIpc) is 2.32. The predicted octanol–water partition coefficient (Wildman–Crippen LogP) is 1.90. The van der Waals surface area contributed by atoms with Crippen molar-refractivity contribution in [2.75, 3.05) is 0 Å². The average molecular weight is 404 g/mol. The largest absolute Gasteiger partial charge is 0.478 e. The van der Waals surface area contributed by atoms with E-state index in [-0.39, 0.29) is 17.8 Å². The summed E-state index contributed by atoms with van der Waals surface area (Å²) in [6.07, 6.45) is 2.28. The van der Waals surface area contributed by atoms with Crippen LogP contribution in [0.5, 0.6) is 0 Å². The van der Waals surface area contributed by atoms with E-state index in [2.05, 4.69) is 0 Å². The summed E-state index contributed by atoms with van der Waals surface area (Å²) in [4.78, 5) is 45.8. The third kappa shape index (κ3) is 4.10. The second-order valence-corrected chi connectivity index (χ2v) is 5.62. The van der Waals surface area contributed by atoms with E-state index in [1.807, 2.05) is 0 Å². The number of carbonyl (C=O) groups is 4. The highest BCUT2D eigenvalue weighted by atomic mass is 127. The zero-order valence-electron chi connectivity index (χ0n) is 11.3. The fourth-order valence-corrected chi connectivity index (χ4v) is 2.43. The van der Waals surface area contributed by atoms with Gasteiger partial charge in [-0.15, -0.1) is 0 Å². The van der Waals surface area contributed by atoms with Gasteiger partial charge in [0.05, 0.1) is 11.1 Å². The molecule has 0 spiro atoms. The van der Waals surface area contributed by atoms with E-state index in [0.717, 1.165) is 6.08 Å². The standard InChI is InChI=1S/C14H13IO6/c1-6-3-10(13(18)19)11(14(20)21)5-8(12(15)17)4-9(6)7(2)16/h3,5,9H,4H2,1-2H3,(H,18,19)(H,20,21)/b6-3?,8-5+,11-10-. The topological polar surface area (TPSA) is 109 Å². The minimum Gasteiger partial charge on any atom is -0.478 e. The molecule has 0 fully saturated rings. The Morgan fingerprint density at radius 3 is 1.95 bits per heavy atom. The number of aliphatic carboxylic acids is 2. The molecule has 112 valence electrons. The molecular weight excluding hydrogens is 391 g/mol. The zero-order valence-corrected chi connectivity index (χ0v) is 13.5. The molecule has 1 atom stereocenters. The number of Topliss-reactive ketones (excluding diaryl/α,β-unsaturated/α-hetero) is 1. The van der Waals surface area contributed by atoms with Crippen molar-refractivity contribution in [1.82, 2.24) is 0 Å². The van der Waals surface area contributed by atoms with Gasteiger partial charge >= 0.3 is 11.9 Å². The Morgan fingerprint density at radius 2 is 1.57 bits per heavy atom. The SMILES string of the molecule is CC(=O)C1C/C(C(=O)I)=C\C(C(=O)O)=C(\C(=O)O)C=C1C. The van der Waals surface area contributed by atoms with Gasteiger partial charge in [-0.1, -0.05) is 5.57 Å². The van der Waals surface area contributed by atoms with Crippen LogP contribution in [0.2, 0.25) is 0 Å². The van der Waals surface area contributed by atoms with Crippen LogP contribution >= 0.6 is 22.6 Å². The van der Waals surface area contributed by atoms with Crippen molar-refractivity contribution in [1.29, 1.82) is 0 Å². The Balaban J connectivity index is 3.67. The summed E-state index contributed by atoms with van der Waals surface area (Å²) in [5.74, 6) is -3.71. The van der Waals surface area contributed by atoms with Crippen LogP contribution in [0, 0.1) is 5.92 Å². The number of rotatable bonds is 4. The van der Waals surface area contributed by atoms with Crippen LogP contribution in [-0.2, 0) is 19.2 Å². The van der Waals surface area contributed by atoms with Gasteiger partial charge in [-0.25, -0.2) is 9.59 Å². The van der Waals surface area contributed by atoms with Gasteiger partial charge in [-0.05, 0) is 32.4 Å². The lowest BCUT2D eigenvalue weighted by molar-refractivity contribution is -0.135. The van der Waals surface area contributed by atoms with Crippen LogP contribution in [-0.4, -0.2) is 31.7 Å². The van der Waals surface area contributed by atoms with Gasteiger partial charge in [0.15, 0.2) is 0 Å². The van der Waals surface area contributed by atoms with Crippen LogP contribution in [0.15, 0.2) is 34.4 Å². The molecule has 6 nitrogen and oxygen atoms in total. The Bertz CT molecular complexity index is 623. The van der Waals surface area contributed by atoms with Crippen molar-refractivity contribution in [3.63, 3.8) is 0 Å². The number of carbonyl (C=O) groups excluding carboxylic acids is 2. The molecule has 0 saturated carbocycles. The summed E-state index contributed by atoms with van der Waals surface area (Å²) in [5, 5.41) is 18.3. The maximum atomic E-state index is 11.7. The summed E-state index contributed by atoms with van der Waals surface area (Å²) >= 11 is 1.49. The van der Waals surface area contributed by atoms with Crippen LogP contribution in [0.25, 0.3) is 0 Å². The smallest absolute Gasteiger partial charge is 0.336 e. The molecule has 0 aromatic heterocycles. The number of carboxylic acids is 2. The van der Waals surface area contributed by atoms with E-state index in [1.165, 1.54) is 35.6 Å². The summed E-state index contributed by atoms with van der Waals surface area (Å²) in [6, 6.07) is 0. The first-order valence-corrected chi connectivity index (χ1v) is 7.03. The van der Waals surface area contributed by atoms with Crippen molar-refractivity contribution < 1.29 is 29.4 Å². The first-order valence-electron chi connectivity index (χ1n) is 5.95. The highest BCUT2D eigenvalue weighted by Gasteiger charge is 2.27. The Labute approximate surface area is 134 Å². The van der Waals surface area contributed by atoms with Crippen LogP contribution in [0.4, 0.5) is 0 Å². The summed E-state index contributed by atoms with van der Waals surface area (Å²) in [6.45, 7) is 2.90. The van der Waals surface area contributed by atoms with Crippen molar-refractivity contribution in [2.45, 2.75) is 20.3 Å². The van der Waals surface area contributed by atoms with E-state index in [9.17, 15) is 24.3 Å². The maximum Gasteiger partial charge on any atom is 0.336 e. The molecule has 0 radical (unpaired) electrons. The number of halogens is 1. The molecule has 0 bridgehead atoms. The fourth-order valence-electron chi connectivity index (χ4n) is 2.05. The molecule has 0 heterocycles. The normalized spacial score (nSPS) is 25.0. The second kappa shape index (κ2) is 6.79. The number of hydrogen-bond donors (Lipinski definition) is 2. The van der Waals surface area contributed by atoms with E-state index < -0.39 is 32.8 Å². The van der Waals surface area contributed by atoms with Crippen molar-refractivity contribution in [3.05, 3.63) is 34.4 Å². The van der Waals surface area contributed by atoms with E-state index in [4.69, 9.17) is 5.11 Å². The molecule has 21 heavy (non-hydrogen) atoms. The third-order valence-corrected chi connectivity index (χ3v) is 3.85. The molecule has 0 aliphatic heterocycles. The molecule has 0 aromatic carbocycles. The van der Waals surface area contributed by atoms with Gasteiger partial charge in [0.25, 0.3) is 0 Å².